The Hall–Kier alpha value is -1.71. The second kappa shape index (κ2) is 6.19. The van der Waals surface area contributed by atoms with Gasteiger partial charge in [-0.25, -0.2) is 0 Å². The number of nitrogens with zero attached hydrogens (tertiary/aromatic N) is 3. The van der Waals surface area contributed by atoms with Crippen LogP contribution in [0.4, 0.5) is 11.4 Å². The van der Waals surface area contributed by atoms with Crippen molar-refractivity contribution in [2.24, 2.45) is 4.99 Å². The van der Waals surface area contributed by atoms with E-state index >= 15 is 0 Å². The summed E-state index contributed by atoms with van der Waals surface area (Å²) in [6, 6.07) is 16.6. The van der Waals surface area contributed by atoms with E-state index in [1.807, 2.05) is 12.1 Å². The molecule has 0 saturated carbocycles. The summed E-state index contributed by atoms with van der Waals surface area (Å²) in [5.41, 5.74) is 3.75. The number of rotatable bonds is 2. The summed E-state index contributed by atoms with van der Waals surface area (Å²) in [4.78, 5) is 9.38. The Morgan fingerprint density at radius 1 is 1.00 bits per heavy atom. The number of para-hydroxylation sites is 2. The van der Waals surface area contributed by atoms with Crippen LogP contribution in [0.1, 0.15) is 12.0 Å². The van der Waals surface area contributed by atoms with E-state index in [9.17, 15) is 0 Å². The Morgan fingerprint density at radius 2 is 1.73 bits per heavy atom. The molecule has 2 aliphatic heterocycles. The lowest BCUT2D eigenvalue weighted by Gasteiger charge is -2.26. The summed E-state index contributed by atoms with van der Waals surface area (Å²) in [5.74, 6) is 1.08. The van der Waals surface area contributed by atoms with E-state index in [-0.39, 0.29) is 12.4 Å². The zero-order valence-electron chi connectivity index (χ0n) is 12.0. The van der Waals surface area contributed by atoms with Crippen LogP contribution in [0.3, 0.4) is 0 Å². The van der Waals surface area contributed by atoms with Gasteiger partial charge in [0.1, 0.15) is 0 Å². The first-order valence-electron chi connectivity index (χ1n) is 7.26. The van der Waals surface area contributed by atoms with Crippen LogP contribution in [0.15, 0.2) is 53.5 Å². The van der Waals surface area contributed by atoms with Gasteiger partial charge in [0.05, 0.1) is 17.9 Å². The van der Waals surface area contributed by atoms with Gasteiger partial charge >= 0.3 is 0 Å². The molecule has 0 bridgehead atoms. The van der Waals surface area contributed by atoms with Gasteiger partial charge in [0.25, 0.3) is 0 Å². The van der Waals surface area contributed by atoms with Crippen molar-refractivity contribution in [3.8, 4) is 0 Å². The lowest BCUT2D eigenvalue weighted by molar-refractivity contribution is -0.00000402. The average Bonchev–Trinajstić information content (AvgIpc) is 2.85. The molecule has 0 fully saturated rings. The molecule has 2 heterocycles. The summed E-state index contributed by atoms with van der Waals surface area (Å²) in [6.45, 7) is 2.79. The van der Waals surface area contributed by atoms with Crippen molar-refractivity contribution in [2.75, 3.05) is 22.9 Å². The molecule has 2 aromatic rings. The number of fused-ring (bicyclic) bond motifs is 3. The highest BCUT2D eigenvalue weighted by molar-refractivity contribution is 6.30. The summed E-state index contributed by atoms with van der Waals surface area (Å²) in [6.07, 6.45) is 1.12. The third kappa shape index (κ3) is 2.55. The number of hydrogen-bond donors (Lipinski definition) is 0. The van der Waals surface area contributed by atoms with Gasteiger partial charge in [-0.1, -0.05) is 35.9 Å². The first-order chi connectivity index (χ1) is 10.3. The van der Waals surface area contributed by atoms with Crippen LogP contribution >= 0.6 is 11.6 Å². The van der Waals surface area contributed by atoms with Gasteiger partial charge in [-0.15, -0.1) is 0 Å². The minimum atomic E-state index is 0. The topological polar surface area (TPSA) is 18.8 Å². The number of halogens is 2. The normalized spacial score (nSPS) is 15.8. The number of benzene rings is 2. The lowest BCUT2D eigenvalue weighted by Crippen LogP contribution is -3.00. The van der Waals surface area contributed by atoms with Crippen LogP contribution in [0.25, 0.3) is 0 Å². The van der Waals surface area contributed by atoms with E-state index in [1.54, 1.807) is 0 Å². The third-order valence-corrected chi connectivity index (χ3v) is 4.25. The first-order valence-corrected chi connectivity index (χ1v) is 7.64. The molecule has 0 radical (unpaired) electrons. The van der Waals surface area contributed by atoms with E-state index in [1.165, 1.54) is 16.9 Å². The third-order valence-electron chi connectivity index (χ3n) is 3.99. The second-order valence-electron chi connectivity index (χ2n) is 5.39. The van der Waals surface area contributed by atoms with Gasteiger partial charge in [-0.05, 0) is 36.2 Å². The quantitative estimate of drug-likeness (QED) is 0.814. The number of hydrogen-bond acceptors (Lipinski definition) is 3. The van der Waals surface area contributed by atoms with Gasteiger partial charge < -0.3 is 22.2 Å². The maximum Gasteiger partial charge on any atom is 0.206 e. The maximum absolute atomic E-state index is 5.97. The largest absolute Gasteiger partial charge is 1.00 e. The molecule has 0 amide bonds. The van der Waals surface area contributed by atoms with Gasteiger partial charge in [0.2, 0.25) is 5.96 Å². The van der Waals surface area contributed by atoms with Crippen LogP contribution in [-0.2, 0) is 6.54 Å². The van der Waals surface area contributed by atoms with Crippen molar-refractivity contribution in [3.05, 3.63) is 59.1 Å². The molecule has 0 aromatic heterocycles. The molecule has 22 heavy (non-hydrogen) atoms. The van der Waals surface area contributed by atoms with Gasteiger partial charge in [0.15, 0.2) is 0 Å². The fourth-order valence-electron chi connectivity index (χ4n) is 3.01. The van der Waals surface area contributed by atoms with E-state index in [0.29, 0.717) is 0 Å². The minimum Gasteiger partial charge on any atom is -1.00 e. The predicted octanol–water partition coefficient (Wildman–Crippen LogP) is 0.930. The molecule has 0 spiro atoms. The predicted molar refractivity (Wildman–Crippen MR) is 88.3 cm³/mol. The Bertz CT molecular complexity index is 697. The smallest absolute Gasteiger partial charge is 0.206 e. The summed E-state index contributed by atoms with van der Waals surface area (Å²) < 4.78 is 0. The van der Waals surface area contributed by atoms with Crippen LogP contribution in [-0.4, -0.2) is 19.0 Å². The monoisotopic (exact) mass is 332 g/mol. The van der Waals surface area contributed by atoms with E-state index in [4.69, 9.17) is 16.6 Å². The van der Waals surface area contributed by atoms with Crippen LogP contribution in [0, 0.1) is 0 Å². The second-order valence-corrected chi connectivity index (χ2v) is 5.82. The molecular formula is C17H16Cl2N3-. The Labute approximate surface area is 141 Å². The standard InChI is InChI=1S/C17H16ClN3.ClH/c18-14-8-6-13(7-9-14)12-21-16-5-2-1-4-15(16)20-11-3-10-19-17(20)21;/h1-2,4-9H,3,10-12H2;1H/p-1. The molecule has 0 saturated heterocycles. The molecule has 0 unspecified atom stereocenters. The van der Waals surface area contributed by atoms with Crippen molar-refractivity contribution in [1.82, 2.24) is 0 Å². The first kappa shape index (κ1) is 15.2. The summed E-state index contributed by atoms with van der Waals surface area (Å²) in [5, 5.41) is 0.775. The Balaban J connectivity index is 0.00000144. The molecule has 2 aliphatic rings. The van der Waals surface area contributed by atoms with Crippen molar-refractivity contribution in [3.63, 3.8) is 0 Å². The fourth-order valence-corrected chi connectivity index (χ4v) is 3.14. The SMILES string of the molecule is Clc1ccc(CN2C3=NCCCN3c3ccccc32)cc1.[Cl-]. The molecule has 5 heteroatoms. The molecule has 2 aromatic carbocycles. The molecule has 0 N–H and O–H groups in total. The number of guanidine groups is 1. The molecular weight excluding hydrogens is 317 g/mol. The zero-order valence-corrected chi connectivity index (χ0v) is 13.6. The maximum atomic E-state index is 5.97. The number of anilines is 2. The van der Waals surface area contributed by atoms with E-state index < -0.39 is 0 Å². The fraction of sp³-hybridized carbons (Fsp3) is 0.235. The van der Waals surface area contributed by atoms with E-state index in [2.05, 4.69) is 46.2 Å². The van der Waals surface area contributed by atoms with Gasteiger partial charge in [0, 0.05) is 18.1 Å². The van der Waals surface area contributed by atoms with Crippen molar-refractivity contribution >= 4 is 28.9 Å². The van der Waals surface area contributed by atoms with Crippen LogP contribution in [0.2, 0.25) is 5.02 Å². The molecule has 114 valence electrons. The lowest BCUT2D eigenvalue weighted by atomic mass is 10.2. The van der Waals surface area contributed by atoms with Gasteiger partial charge in [-0.2, -0.15) is 0 Å². The van der Waals surface area contributed by atoms with Crippen molar-refractivity contribution in [1.29, 1.82) is 0 Å². The molecule has 0 atom stereocenters. The van der Waals surface area contributed by atoms with Crippen LogP contribution in [0.5, 0.6) is 0 Å². The minimum absolute atomic E-state index is 0. The Morgan fingerprint density at radius 3 is 2.50 bits per heavy atom. The summed E-state index contributed by atoms with van der Waals surface area (Å²) >= 11 is 5.97. The van der Waals surface area contributed by atoms with Crippen LogP contribution < -0.4 is 22.2 Å². The molecule has 4 rings (SSSR count). The average molecular weight is 333 g/mol. The highest BCUT2D eigenvalue weighted by Crippen LogP contribution is 2.39. The highest BCUT2D eigenvalue weighted by atomic mass is 35.5. The van der Waals surface area contributed by atoms with Crippen molar-refractivity contribution < 1.29 is 12.4 Å². The zero-order chi connectivity index (χ0) is 14.2. The highest BCUT2D eigenvalue weighted by Gasteiger charge is 2.33. The van der Waals surface area contributed by atoms with Gasteiger partial charge in [-0.3, -0.25) is 4.99 Å². The Kier molecular flexibility index (Phi) is 4.27. The molecule has 3 nitrogen and oxygen atoms in total. The molecule has 0 aliphatic carbocycles. The number of aliphatic imine (C=N–C) groups is 1. The van der Waals surface area contributed by atoms with Crippen molar-refractivity contribution in [2.45, 2.75) is 13.0 Å². The summed E-state index contributed by atoms with van der Waals surface area (Å²) in [7, 11) is 0. The van der Waals surface area contributed by atoms with E-state index in [0.717, 1.165) is 37.0 Å².